The molecule has 11 heteroatoms. The van der Waals surface area contributed by atoms with Gasteiger partial charge in [-0.15, -0.1) is 0 Å². The van der Waals surface area contributed by atoms with Crippen LogP contribution >= 0.6 is 0 Å². The number of ether oxygens (including phenoxy) is 1. The number of nitrogens with one attached hydrogen (secondary N) is 1. The lowest BCUT2D eigenvalue weighted by Gasteiger charge is -2.31. The van der Waals surface area contributed by atoms with Gasteiger partial charge in [-0.05, 0) is 44.2 Å². The summed E-state index contributed by atoms with van der Waals surface area (Å²) in [5.74, 6) is -2.16. The van der Waals surface area contributed by atoms with Crippen molar-refractivity contribution in [1.29, 1.82) is 0 Å². The molecule has 0 aliphatic carbocycles. The predicted molar refractivity (Wildman–Crippen MR) is 119 cm³/mol. The Labute approximate surface area is 198 Å². The highest BCUT2D eigenvalue weighted by atomic mass is 19.4. The molecule has 0 saturated carbocycles. The molecule has 0 bridgehead atoms. The van der Waals surface area contributed by atoms with Crippen molar-refractivity contribution in [3.05, 3.63) is 71.4 Å². The number of amides is 2. The average Bonchev–Trinajstić information content (AvgIpc) is 3.37. The minimum atomic E-state index is -4.88. The molecule has 0 fully saturated rings. The summed E-state index contributed by atoms with van der Waals surface area (Å²) in [4.78, 5) is 38.3. The first kappa shape index (κ1) is 24.1. The van der Waals surface area contributed by atoms with Crippen LogP contribution in [0.4, 0.5) is 24.5 Å². The Kier molecular flexibility index (Phi) is 6.42. The molecule has 35 heavy (non-hydrogen) atoms. The number of aryl methyl sites for hydroxylation is 1. The number of esters is 1. The summed E-state index contributed by atoms with van der Waals surface area (Å²) >= 11 is 0. The topological polar surface area (TPSA) is 93.8 Å². The van der Waals surface area contributed by atoms with Gasteiger partial charge in [0.1, 0.15) is 11.8 Å². The Hall–Kier alpha value is -4.02. The molecule has 0 saturated heterocycles. The number of nitrogens with zero attached hydrogens (tertiary/aromatic N) is 2. The molecule has 3 aromatic rings. The van der Waals surface area contributed by atoms with E-state index in [0.717, 1.165) is 5.69 Å². The lowest BCUT2D eigenvalue weighted by molar-refractivity contribution is -0.158. The number of carbonyl (C=O) groups excluding carboxylic acids is 3. The molecule has 0 spiro atoms. The third-order valence-electron chi connectivity index (χ3n) is 5.79. The molecule has 3 heterocycles. The van der Waals surface area contributed by atoms with E-state index in [2.05, 4.69) is 5.32 Å². The first-order valence-electron chi connectivity index (χ1n) is 10.7. The fourth-order valence-electron chi connectivity index (χ4n) is 4.08. The zero-order valence-corrected chi connectivity index (χ0v) is 18.9. The van der Waals surface area contributed by atoms with Gasteiger partial charge in [0, 0.05) is 11.4 Å². The van der Waals surface area contributed by atoms with Crippen LogP contribution in [-0.2, 0) is 20.9 Å². The fraction of sp³-hybridized carbons (Fsp3) is 0.292. The van der Waals surface area contributed by atoms with Crippen LogP contribution in [-0.4, -0.2) is 41.2 Å². The zero-order valence-electron chi connectivity index (χ0n) is 18.9. The van der Waals surface area contributed by atoms with Gasteiger partial charge in [0.2, 0.25) is 5.91 Å². The number of anilines is 2. The number of para-hydroxylation sites is 2. The third kappa shape index (κ3) is 4.93. The van der Waals surface area contributed by atoms with Crippen molar-refractivity contribution in [3.8, 4) is 0 Å². The van der Waals surface area contributed by atoms with Crippen LogP contribution in [0.15, 0.2) is 53.1 Å². The first-order valence-corrected chi connectivity index (χ1v) is 10.7. The molecule has 1 aromatic carbocycles. The van der Waals surface area contributed by atoms with Gasteiger partial charge < -0.3 is 19.0 Å². The van der Waals surface area contributed by atoms with Gasteiger partial charge in [-0.1, -0.05) is 12.1 Å². The molecule has 1 unspecified atom stereocenters. The second kappa shape index (κ2) is 9.32. The van der Waals surface area contributed by atoms with E-state index in [-0.39, 0.29) is 16.9 Å². The Bertz CT molecular complexity index is 1260. The molecule has 2 aromatic heterocycles. The van der Waals surface area contributed by atoms with Crippen LogP contribution in [0.3, 0.4) is 0 Å². The summed E-state index contributed by atoms with van der Waals surface area (Å²) in [6, 6.07) is 8.35. The van der Waals surface area contributed by atoms with Crippen molar-refractivity contribution in [2.75, 3.05) is 16.8 Å². The van der Waals surface area contributed by atoms with E-state index in [9.17, 15) is 27.6 Å². The molecule has 1 N–H and O–H groups in total. The Balaban J connectivity index is 1.55. The van der Waals surface area contributed by atoms with Crippen molar-refractivity contribution in [1.82, 2.24) is 4.57 Å². The summed E-state index contributed by atoms with van der Waals surface area (Å²) in [6.07, 6.45) is -4.33. The molecule has 184 valence electrons. The first-order chi connectivity index (χ1) is 16.6. The van der Waals surface area contributed by atoms with E-state index in [4.69, 9.17) is 9.15 Å². The standard InChI is InChI=1S/C24H22F3N3O5/c1-14-10-17(15(2)29(14)12-16-6-5-9-34-16)23(33)35-13-22(32)30-19-8-4-3-7-18(19)28-21(31)11-20(30)24(25,26)27/h3-10,20H,11-13H2,1-2H3,(H,28,31). The van der Waals surface area contributed by atoms with Crippen molar-refractivity contribution >= 4 is 29.2 Å². The smallest absolute Gasteiger partial charge is 0.409 e. The minimum Gasteiger partial charge on any atom is -0.467 e. The maximum Gasteiger partial charge on any atom is 0.409 e. The third-order valence-corrected chi connectivity index (χ3v) is 5.79. The largest absolute Gasteiger partial charge is 0.467 e. The Morgan fingerprint density at radius 3 is 2.60 bits per heavy atom. The quantitative estimate of drug-likeness (QED) is 0.542. The lowest BCUT2D eigenvalue weighted by Crippen LogP contribution is -2.51. The molecule has 1 aliphatic rings. The minimum absolute atomic E-state index is 0.0606. The maximum absolute atomic E-state index is 13.8. The van der Waals surface area contributed by atoms with Crippen LogP contribution in [0.2, 0.25) is 0 Å². The fourth-order valence-corrected chi connectivity index (χ4v) is 4.08. The van der Waals surface area contributed by atoms with E-state index in [1.54, 1.807) is 32.0 Å². The van der Waals surface area contributed by atoms with Gasteiger partial charge in [-0.2, -0.15) is 13.2 Å². The number of hydrogen-bond donors (Lipinski definition) is 1. The van der Waals surface area contributed by atoms with E-state index in [1.807, 2.05) is 4.57 Å². The Morgan fingerprint density at radius 2 is 1.91 bits per heavy atom. The van der Waals surface area contributed by atoms with Crippen LogP contribution in [0, 0.1) is 13.8 Å². The van der Waals surface area contributed by atoms with Crippen LogP contribution in [0.25, 0.3) is 0 Å². The van der Waals surface area contributed by atoms with E-state index in [0.29, 0.717) is 22.9 Å². The second-order valence-corrected chi connectivity index (χ2v) is 8.12. The zero-order chi connectivity index (χ0) is 25.3. The van der Waals surface area contributed by atoms with Crippen molar-refractivity contribution in [2.24, 2.45) is 0 Å². The Morgan fingerprint density at radius 1 is 1.17 bits per heavy atom. The highest BCUT2D eigenvalue weighted by molar-refractivity contribution is 6.05. The normalized spacial score (nSPS) is 15.9. The van der Waals surface area contributed by atoms with Gasteiger partial charge in [-0.3, -0.25) is 14.5 Å². The highest BCUT2D eigenvalue weighted by Crippen LogP contribution is 2.37. The van der Waals surface area contributed by atoms with Crippen molar-refractivity contribution in [3.63, 3.8) is 0 Å². The van der Waals surface area contributed by atoms with Gasteiger partial charge in [0.25, 0.3) is 5.91 Å². The van der Waals surface area contributed by atoms with Gasteiger partial charge in [-0.25, -0.2) is 4.79 Å². The molecule has 1 aliphatic heterocycles. The summed E-state index contributed by atoms with van der Waals surface area (Å²) in [5, 5.41) is 2.38. The van der Waals surface area contributed by atoms with Crippen LogP contribution in [0.5, 0.6) is 0 Å². The summed E-state index contributed by atoms with van der Waals surface area (Å²) in [7, 11) is 0. The lowest BCUT2D eigenvalue weighted by atomic mass is 10.1. The number of rotatable bonds is 5. The van der Waals surface area contributed by atoms with Crippen molar-refractivity contribution < 1.29 is 36.7 Å². The van der Waals surface area contributed by atoms with Gasteiger partial charge in [0.15, 0.2) is 6.61 Å². The van der Waals surface area contributed by atoms with Crippen LogP contribution < -0.4 is 10.2 Å². The van der Waals surface area contributed by atoms with E-state index in [1.165, 1.54) is 30.5 Å². The van der Waals surface area contributed by atoms with E-state index < -0.39 is 43.0 Å². The van der Waals surface area contributed by atoms with Crippen molar-refractivity contribution in [2.45, 2.75) is 39.0 Å². The molecule has 4 rings (SSSR count). The van der Waals surface area contributed by atoms with Gasteiger partial charge in [0.05, 0.1) is 36.2 Å². The SMILES string of the molecule is Cc1cc(C(=O)OCC(=O)N2c3ccccc3NC(=O)CC2C(F)(F)F)c(C)n1Cc1ccco1. The van der Waals surface area contributed by atoms with Gasteiger partial charge >= 0.3 is 12.1 Å². The number of benzene rings is 1. The molecular formula is C24H22F3N3O5. The molecule has 2 amide bonds. The average molecular weight is 489 g/mol. The highest BCUT2D eigenvalue weighted by Gasteiger charge is 2.49. The number of aromatic nitrogens is 1. The second-order valence-electron chi connectivity index (χ2n) is 8.12. The predicted octanol–water partition coefficient (Wildman–Crippen LogP) is 4.21. The van der Waals surface area contributed by atoms with E-state index >= 15 is 0 Å². The maximum atomic E-state index is 13.8. The monoisotopic (exact) mass is 489 g/mol. The summed E-state index contributed by atoms with van der Waals surface area (Å²) < 4.78 is 53.8. The molecule has 1 atom stereocenters. The molecular weight excluding hydrogens is 467 g/mol. The van der Waals surface area contributed by atoms with Crippen LogP contribution in [0.1, 0.15) is 33.9 Å². The number of alkyl halides is 3. The summed E-state index contributed by atoms with van der Waals surface area (Å²) in [5.41, 5.74) is 1.41. The number of hydrogen-bond acceptors (Lipinski definition) is 5. The number of furan rings is 1. The molecule has 0 radical (unpaired) electrons. The number of carbonyl (C=O) groups is 3. The summed E-state index contributed by atoms with van der Waals surface area (Å²) in [6.45, 7) is 2.91. The molecule has 8 nitrogen and oxygen atoms in total. The number of halogens is 3. The number of fused-ring (bicyclic) bond motifs is 1.